The largest absolute Gasteiger partial charge is 0.326 e. The van der Waals surface area contributed by atoms with E-state index in [9.17, 15) is 23.3 Å². The molecular formula is C20H25N3O5S. The highest BCUT2D eigenvalue weighted by Gasteiger charge is 2.20. The Bertz CT molecular complexity index is 1030. The molecule has 0 saturated heterocycles. The predicted octanol–water partition coefficient (Wildman–Crippen LogP) is 3.70. The second-order valence-corrected chi connectivity index (χ2v) is 8.94. The van der Waals surface area contributed by atoms with Crippen molar-refractivity contribution in [3.8, 4) is 0 Å². The Morgan fingerprint density at radius 3 is 2.38 bits per heavy atom. The van der Waals surface area contributed by atoms with Crippen molar-refractivity contribution in [3.63, 3.8) is 0 Å². The van der Waals surface area contributed by atoms with E-state index in [1.165, 1.54) is 16.4 Å². The van der Waals surface area contributed by atoms with Crippen molar-refractivity contribution < 1.29 is 18.1 Å². The summed E-state index contributed by atoms with van der Waals surface area (Å²) in [6.45, 7) is 5.62. The lowest BCUT2D eigenvalue weighted by Crippen LogP contribution is -2.32. The number of sulfonamides is 1. The quantitative estimate of drug-likeness (QED) is 0.518. The molecule has 2 aromatic carbocycles. The van der Waals surface area contributed by atoms with Crippen molar-refractivity contribution in [3.05, 3.63) is 63.2 Å². The average Bonchev–Trinajstić information content (AvgIpc) is 2.61. The number of amides is 1. The van der Waals surface area contributed by atoms with Gasteiger partial charge in [0.25, 0.3) is 5.69 Å². The second kappa shape index (κ2) is 9.04. The van der Waals surface area contributed by atoms with Crippen LogP contribution in [0, 0.1) is 30.9 Å². The van der Waals surface area contributed by atoms with Gasteiger partial charge in [-0.25, -0.2) is 8.42 Å². The number of carbonyl (C=O) groups excluding carboxylic acids is 1. The molecule has 0 heterocycles. The van der Waals surface area contributed by atoms with Gasteiger partial charge in [-0.1, -0.05) is 18.2 Å². The summed E-state index contributed by atoms with van der Waals surface area (Å²) in [5, 5.41) is 13.6. The van der Waals surface area contributed by atoms with E-state index in [0.29, 0.717) is 23.4 Å². The first-order chi connectivity index (χ1) is 13.5. The van der Waals surface area contributed by atoms with Crippen LogP contribution in [0.4, 0.5) is 17.1 Å². The van der Waals surface area contributed by atoms with Crippen molar-refractivity contribution in [2.45, 2.75) is 33.6 Å². The molecule has 1 N–H and O–H groups in total. The van der Waals surface area contributed by atoms with Crippen LogP contribution in [-0.2, 0) is 14.8 Å². The van der Waals surface area contributed by atoms with E-state index in [-0.39, 0.29) is 24.6 Å². The molecule has 0 aliphatic carbocycles. The van der Waals surface area contributed by atoms with Crippen molar-refractivity contribution in [1.29, 1.82) is 0 Å². The molecule has 0 bridgehead atoms. The fourth-order valence-corrected chi connectivity index (χ4v) is 3.92. The Hall–Kier alpha value is -2.94. The topological polar surface area (TPSA) is 110 Å². The normalized spacial score (nSPS) is 11.2. The number of nitro groups is 1. The van der Waals surface area contributed by atoms with Gasteiger partial charge in [0.05, 0.1) is 22.6 Å². The SMILES string of the molecule is Cc1ccc(C)c(N(CCCC(=O)Nc2cc([N+](=O)[O-])ccc2C)S(C)(=O)=O)c1. The zero-order valence-corrected chi connectivity index (χ0v) is 17.7. The van der Waals surface area contributed by atoms with Crippen molar-refractivity contribution in [2.24, 2.45) is 0 Å². The van der Waals surface area contributed by atoms with E-state index in [0.717, 1.165) is 17.4 Å². The van der Waals surface area contributed by atoms with Gasteiger partial charge in [-0.05, 0) is 49.9 Å². The van der Waals surface area contributed by atoms with Crippen molar-refractivity contribution in [1.82, 2.24) is 0 Å². The number of hydrogen-bond donors (Lipinski definition) is 1. The molecule has 0 radical (unpaired) electrons. The molecule has 2 aromatic rings. The molecule has 0 spiro atoms. The Morgan fingerprint density at radius 1 is 1.10 bits per heavy atom. The van der Waals surface area contributed by atoms with Gasteiger partial charge in [0.2, 0.25) is 15.9 Å². The fraction of sp³-hybridized carbons (Fsp3) is 0.350. The third-order valence-corrected chi connectivity index (χ3v) is 5.68. The Morgan fingerprint density at radius 2 is 1.76 bits per heavy atom. The van der Waals surface area contributed by atoms with Crippen LogP contribution < -0.4 is 9.62 Å². The van der Waals surface area contributed by atoms with Gasteiger partial charge in [0, 0.05) is 25.1 Å². The Labute approximate surface area is 170 Å². The summed E-state index contributed by atoms with van der Waals surface area (Å²) in [7, 11) is -3.51. The maximum Gasteiger partial charge on any atom is 0.271 e. The number of hydrogen-bond acceptors (Lipinski definition) is 5. The fourth-order valence-electron chi connectivity index (χ4n) is 2.91. The van der Waals surface area contributed by atoms with Crippen molar-refractivity contribution in [2.75, 3.05) is 22.4 Å². The van der Waals surface area contributed by atoms with Gasteiger partial charge in [-0.15, -0.1) is 0 Å². The number of rotatable bonds is 8. The molecular weight excluding hydrogens is 394 g/mol. The number of aryl methyl sites for hydroxylation is 3. The molecule has 9 heteroatoms. The van der Waals surface area contributed by atoms with E-state index in [1.807, 2.05) is 32.0 Å². The van der Waals surface area contributed by atoms with Gasteiger partial charge in [-0.3, -0.25) is 19.2 Å². The molecule has 0 aliphatic rings. The van der Waals surface area contributed by atoms with E-state index in [2.05, 4.69) is 5.32 Å². The summed E-state index contributed by atoms with van der Waals surface area (Å²) >= 11 is 0. The van der Waals surface area contributed by atoms with Crippen LogP contribution in [0.15, 0.2) is 36.4 Å². The summed E-state index contributed by atoms with van der Waals surface area (Å²) in [6.07, 6.45) is 1.53. The van der Waals surface area contributed by atoms with Crippen LogP contribution in [0.2, 0.25) is 0 Å². The Balaban J connectivity index is 2.07. The van der Waals surface area contributed by atoms with Gasteiger partial charge in [0.1, 0.15) is 0 Å². The van der Waals surface area contributed by atoms with Crippen LogP contribution in [0.1, 0.15) is 29.5 Å². The third-order valence-electron chi connectivity index (χ3n) is 4.50. The minimum Gasteiger partial charge on any atom is -0.326 e. The molecule has 0 fully saturated rings. The van der Waals surface area contributed by atoms with Gasteiger partial charge in [0.15, 0.2) is 0 Å². The molecule has 8 nitrogen and oxygen atoms in total. The smallest absolute Gasteiger partial charge is 0.271 e. The van der Waals surface area contributed by atoms with E-state index < -0.39 is 14.9 Å². The summed E-state index contributed by atoms with van der Waals surface area (Å²) in [6, 6.07) is 9.84. The highest BCUT2D eigenvalue weighted by Crippen LogP contribution is 2.25. The van der Waals surface area contributed by atoms with E-state index in [1.54, 1.807) is 13.0 Å². The minimum atomic E-state index is -3.51. The van der Waals surface area contributed by atoms with Crippen LogP contribution in [0.25, 0.3) is 0 Å². The minimum absolute atomic E-state index is 0.0824. The predicted molar refractivity (Wildman–Crippen MR) is 114 cm³/mol. The molecule has 0 aromatic heterocycles. The number of nitrogens with zero attached hydrogens (tertiary/aromatic N) is 2. The molecule has 0 atom stereocenters. The number of non-ortho nitro benzene ring substituents is 1. The van der Waals surface area contributed by atoms with Gasteiger partial charge >= 0.3 is 0 Å². The molecule has 0 aliphatic heterocycles. The van der Waals surface area contributed by atoms with Crippen LogP contribution in [-0.4, -0.2) is 32.0 Å². The average molecular weight is 420 g/mol. The molecule has 0 saturated carbocycles. The zero-order valence-electron chi connectivity index (χ0n) is 16.9. The first-order valence-corrected chi connectivity index (χ1v) is 10.9. The maximum atomic E-state index is 12.3. The van der Waals surface area contributed by atoms with Crippen molar-refractivity contribution >= 4 is 33.0 Å². The summed E-state index contributed by atoms with van der Waals surface area (Å²) < 4.78 is 25.8. The second-order valence-electron chi connectivity index (χ2n) is 7.03. The number of nitrogens with one attached hydrogen (secondary N) is 1. The first kappa shape index (κ1) is 22.4. The van der Waals surface area contributed by atoms with E-state index in [4.69, 9.17) is 0 Å². The maximum absolute atomic E-state index is 12.3. The third kappa shape index (κ3) is 6.02. The summed E-state index contributed by atoms with van der Waals surface area (Å²) in [5.74, 6) is -0.331. The molecule has 156 valence electrons. The van der Waals surface area contributed by atoms with Crippen LogP contribution >= 0.6 is 0 Å². The molecule has 1 amide bonds. The number of carbonyl (C=O) groups is 1. The molecule has 29 heavy (non-hydrogen) atoms. The Kier molecular flexibility index (Phi) is 6.97. The number of nitro benzene ring substituents is 1. The molecule has 0 unspecified atom stereocenters. The highest BCUT2D eigenvalue weighted by atomic mass is 32.2. The van der Waals surface area contributed by atoms with Gasteiger partial charge in [-0.2, -0.15) is 0 Å². The highest BCUT2D eigenvalue weighted by molar-refractivity contribution is 7.92. The number of benzene rings is 2. The van der Waals surface area contributed by atoms with Crippen LogP contribution in [0.5, 0.6) is 0 Å². The zero-order chi connectivity index (χ0) is 21.8. The standard InChI is InChI=1S/C20H25N3O5S/c1-14-7-8-16(3)19(12-14)22(29(4,27)28)11-5-6-20(24)21-18-13-17(23(25)26)10-9-15(18)2/h7-10,12-13H,5-6,11H2,1-4H3,(H,21,24). The number of anilines is 2. The summed E-state index contributed by atoms with van der Waals surface area (Å²) in [5.41, 5.74) is 3.35. The lowest BCUT2D eigenvalue weighted by Gasteiger charge is -2.24. The summed E-state index contributed by atoms with van der Waals surface area (Å²) in [4.78, 5) is 22.7. The van der Waals surface area contributed by atoms with E-state index >= 15 is 0 Å². The lowest BCUT2D eigenvalue weighted by atomic mass is 10.1. The van der Waals surface area contributed by atoms with Crippen LogP contribution in [0.3, 0.4) is 0 Å². The van der Waals surface area contributed by atoms with Gasteiger partial charge < -0.3 is 5.32 Å². The first-order valence-electron chi connectivity index (χ1n) is 9.09. The monoisotopic (exact) mass is 419 g/mol. The lowest BCUT2D eigenvalue weighted by molar-refractivity contribution is -0.384. The molecule has 2 rings (SSSR count).